The predicted octanol–water partition coefficient (Wildman–Crippen LogP) is 5.16. The number of esters is 2. The molecule has 0 saturated carbocycles. The fraction of sp³-hybridized carbons (Fsp3) is 0.826. The van der Waals surface area contributed by atoms with Gasteiger partial charge in [0.15, 0.2) is 0 Å². The van der Waals surface area contributed by atoms with Crippen LogP contribution in [0.5, 0.6) is 0 Å². The molecule has 0 unspecified atom stereocenters. The number of allylic oxidation sites excluding steroid dienone is 2. The monoisotopic (exact) mass is 396 g/mol. The van der Waals surface area contributed by atoms with Gasteiger partial charge in [0, 0.05) is 6.42 Å². The van der Waals surface area contributed by atoms with Crippen LogP contribution in [0, 0.1) is 0 Å². The lowest BCUT2D eigenvalue weighted by atomic mass is 10.1. The molecule has 0 aliphatic rings. The van der Waals surface area contributed by atoms with Gasteiger partial charge in [-0.15, -0.1) is 0 Å². The lowest BCUT2D eigenvalue weighted by Crippen LogP contribution is -2.34. The Labute approximate surface area is 172 Å². The van der Waals surface area contributed by atoms with Crippen LogP contribution in [0.4, 0.5) is 0 Å². The second-order valence-corrected chi connectivity index (χ2v) is 7.66. The molecule has 0 aromatic heterocycles. The molecule has 0 aliphatic heterocycles. The summed E-state index contributed by atoms with van der Waals surface area (Å²) in [4.78, 5) is 23.2. The summed E-state index contributed by atoms with van der Waals surface area (Å²) in [5.41, 5.74) is 11.0. The first-order valence-electron chi connectivity index (χ1n) is 11.5. The van der Waals surface area contributed by atoms with E-state index in [0.29, 0.717) is 19.4 Å². The van der Waals surface area contributed by atoms with Crippen molar-refractivity contribution in [3.8, 4) is 0 Å². The third-order valence-corrected chi connectivity index (χ3v) is 4.88. The molecule has 0 amide bonds. The van der Waals surface area contributed by atoms with E-state index < -0.39 is 18.0 Å². The zero-order chi connectivity index (χ0) is 20.9. The molecular formula is C23H44N2O3. The third-order valence-electron chi connectivity index (χ3n) is 4.88. The molecule has 0 saturated heterocycles. The Balaban J connectivity index is 3.41. The Bertz CT molecular complexity index is 411. The minimum atomic E-state index is -0.749. The average molecular weight is 397 g/mol. The Kier molecular flexibility index (Phi) is 19.7. The summed E-state index contributed by atoms with van der Waals surface area (Å²) in [6.07, 6.45) is 21.8. The molecular weight excluding hydrogens is 352 g/mol. The van der Waals surface area contributed by atoms with Crippen LogP contribution in [0.2, 0.25) is 0 Å². The Morgan fingerprint density at radius 3 is 1.93 bits per heavy atom. The minimum Gasteiger partial charge on any atom is -0.392 e. The Morgan fingerprint density at radius 1 is 0.821 bits per heavy atom. The largest absolute Gasteiger partial charge is 0.392 e. The standard InChI is InChI=1S/C23H44N2O3/c1-2-3-4-5-6-7-8-9-10-11-12-13-14-15-16-19-22(26)28-23(27)21(25)18-17-20-24/h9-10,21H,2-8,11-20,24-25H2,1H3/b10-9-/t21-/m1/s1. The maximum atomic E-state index is 11.6. The van der Waals surface area contributed by atoms with Crippen molar-refractivity contribution < 1.29 is 14.3 Å². The number of unbranched alkanes of at least 4 members (excludes halogenated alkanes) is 11. The second kappa shape index (κ2) is 20.5. The lowest BCUT2D eigenvalue weighted by Gasteiger charge is -2.09. The molecule has 0 spiro atoms. The minimum absolute atomic E-state index is 0.285. The van der Waals surface area contributed by atoms with E-state index in [1.165, 1.54) is 57.8 Å². The molecule has 164 valence electrons. The van der Waals surface area contributed by atoms with Gasteiger partial charge in [-0.3, -0.25) is 4.79 Å². The van der Waals surface area contributed by atoms with Crippen molar-refractivity contribution in [2.45, 2.75) is 116 Å². The molecule has 4 N–H and O–H groups in total. The zero-order valence-electron chi connectivity index (χ0n) is 18.1. The smallest absolute Gasteiger partial charge is 0.330 e. The highest BCUT2D eigenvalue weighted by Crippen LogP contribution is 2.10. The van der Waals surface area contributed by atoms with Crippen LogP contribution in [0.1, 0.15) is 110 Å². The van der Waals surface area contributed by atoms with Crippen molar-refractivity contribution in [2.24, 2.45) is 11.5 Å². The molecule has 0 aliphatic carbocycles. The number of ether oxygens (including phenoxy) is 1. The van der Waals surface area contributed by atoms with E-state index in [4.69, 9.17) is 16.2 Å². The molecule has 0 aromatic carbocycles. The molecule has 28 heavy (non-hydrogen) atoms. The van der Waals surface area contributed by atoms with Crippen molar-refractivity contribution in [3.63, 3.8) is 0 Å². The first-order valence-corrected chi connectivity index (χ1v) is 11.5. The SMILES string of the molecule is CCCCCCCC/C=C\CCCCCCCC(=O)OC(=O)[C@H](N)CCCN. The highest BCUT2D eigenvalue weighted by atomic mass is 16.6. The number of rotatable bonds is 19. The van der Waals surface area contributed by atoms with Crippen LogP contribution in [0.25, 0.3) is 0 Å². The molecule has 0 bridgehead atoms. The van der Waals surface area contributed by atoms with Crippen molar-refractivity contribution in [2.75, 3.05) is 6.54 Å². The highest BCUT2D eigenvalue weighted by Gasteiger charge is 2.17. The molecule has 0 rings (SSSR count). The quantitative estimate of drug-likeness (QED) is 0.136. The molecule has 5 heteroatoms. The number of carbonyl (C=O) groups excluding carboxylic acids is 2. The van der Waals surface area contributed by atoms with Gasteiger partial charge >= 0.3 is 11.9 Å². The van der Waals surface area contributed by atoms with Crippen LogP contribution in [-0.2, 0) is 14.3 Å². The van der Waals surface area contributed by atoms with E-state index in [0.717, 1.165) is 25.7 Å². The van der Waals surface area contributed by atoms with E-state index in [-0.39, 0.29) is 6.42 Å². The molecule has 1 atom stereocenters. The normalized spacial score (nSPS) is 12.4. The summed E-state index contributed by atoms with van der Waals surface area (Å²) in [6.45, 7) is 2.73. The van der Waals surface area contributed by atoms with Gasteiger partial charge in [-0.25, -0.2) is 4.79 Å². The topological polar surface area (TPSA) is 95.4 Å². The number of hydrogen-bond donors (Lipinski definition) is 2. The van der Waals surface area contributed by atoms with Gasteiger partial charge in [-0.2, -0.15) is 0 Å². The summed E-state index contributed by atoms with van der Waals surface area (Å²) in [5, 5.41) is 0. The van der Waals surface area contributed by atoms with Crippen LogP contribution < -0.4 is 11.5 Å². The van der Waals surface area contributed by atoms with E-state index in [1.807, 2.05) is 0 Å². The van der Waals surface area contributed by atoms with Crippen LogP contribution >= 0.6 is 0 Å². The predicted molar refractivity (Wildman–Crippen MR) is 117 cm³/mol. The second-order valence-electron chi connectivity index (χ2n) is 7.66. The number of nitrogens with two attached hydrogens (primary N) is 2. The van der Waals surface area contributed by atoms with Gasteiger partial charge in [0.1, 0.15) is 6.04 Å². The third kappa shape index (κ3) is 18.2. The Morgan fingerprint density at radius 2 is 1.36 bits per heavy atom. The van der Waals surface area contributed by atoms with E-state index in [1.54, 1.807) is 0 Å². The van der Waals surface area contributed by atoms with Crippen LogP contribution in [0.3, 0.4) is 0 Å². The highest BCUT2D eigenvalue weighted by molar-refractivity contribution is 5.88. The van der Waals surface area contributed by atoms with Crippen molar-refractivity contribution >= 4 is 11.9 Å². The summed E-state index contributed by atoms with van der Waals surface area (Å²) >= 11 is 0. The fourth-order valence-electron chi connectivity index (χ4n) is 3.03. The lowest BCUT2D eigenvalue weighted by molar-refractivity contribution is -0.160. The first-order chi connectivity index (χ1) is 13.6. The maximum Gasteiger partial charge on any atom is 0.330 e. The summed E-state index contributed by atoms with van der Waals surface area (Å²) in [6, 6.07) is -0.749. The first kappa shape index (κ1) is 26.8. The maximum absolute atomic E-state index is 11.6. The van der Waals surface area contributed by atoms with Gasteiger partial charge in [0.2, 0.25) is 0 Å². The van der Waals surface area contributed by atoms with Crippen molar-refractivity contribution in [1.82, 2.24) is 0 Å². The molecule has 0 heterocycles. The van der Waals surface area contributed by atoms with Crippen molar-refractivity contribution in [1.29, 1.82) is 0 Å². The molecule has 5 nitrogen and oxygen atoms in total. The van der Waals surface area contributed by atoms with E-state index in [2.05, 4.69) is 19.1 Å². The van der Waals surface area contributed by atoms with Gasteiger partial charge in [0.25, 0.3) is 0 Å². The Hall–Kier alpha value is -1.20. The zero-order valence-corrected chi connectivity index (χ0v) is 18.1. The number of carbonyl (C=O) groups is 2. The summed E-state index contributed by atoms with van der Waals surface area (Å²) < 4.78 is 4.78. The molecule has 0 radical (unpaired) electrons. The average Bonchev–Trinajstić information content (AvgIpc) is 2.68. The van der Waals surface area contributed by atoms with Crippen molar-refractivity contribution in [3.05, 3.63) is 12.2 Å². The van der Waals surface area contributed by atoms with Gasteiger partial charge < -0.3 is 16.2 Å². The summed E-state index contributed by atoms with van der Waals surface area (Å²) in [7, 11) is 0. The summed E-state index contributed by atoms with van der Waals surface area (Å²) in [5.74, 6) is -1.10. The van der Waals surface area contributed by atoms with Gasteiger partial charge in [0.05, 0.1) is 0 Å². The van der Waals surface area contributed by atoms with Gasteiger partial charge in [-0.1, -0.05) is 70.4 Å². The van der Waals surface area contributed by atoms with Gasteiger partial charge in [-0.05, 0) is 51.5 Å². The number of hydrogen-bond acceptors (Lipinski definition) is 5. The van der Waals surface area contributed by atoms with E-state index in [9.17, 15) is 9.59 Å². The molecule has 0 fully saturated rings. The van der Waals surface area contributed by atoms with Crippen LogP contribution in [0.15, 0.2) is 12.2 Å². The van der Waals surface area contributed by atoms with Crippen LogP contribution in [-0.4, -0.2) is 24.5 Å². The molecule has 0 aromatic rings. The van der Waals surface area contributed by atoms with E-state index >= 15 is 0 Å². The fourth-order valence-corrected chi connectivity index (χ4v) is 3.03.